The first kappa shape index (κ1) is 12.5. The van der Waals surface area contributed by atoms with Crippen LogP contribution in [0.1, 0.15) is 12.8 Å². The van der Waals surface area contributed by atoms with Gasteiger partial charge in [-0.05, 0) is 25.0 Å². The van der Waals surface area contributed by atoms with Gasteiger partial charge in [0.15, 0.2) is 0 Å². The fraction of sp³-hybridized carbons (Fsp3) is 0.467. The van der Waals surface area contributed by atoms with Gasteiger partial charge >= 0.3 is 6.09 Å². The second kappa shape index (κ2) is 4.38. The number of carbonyl (C=O) groups is 1. The number of piperidine rings is 1. The summed E-state index contributed by atoms with van der Waals surface area (Å²) in [5.74, 6) is 0.908. The van der Waals surface area contributed by atoms with E-state index in [0.29, 0.717) is 13.1 Å². The molecule has 1 atom stereocenters. The van der Waals surface area contributed by atoms with E-state index in [9.17, 15) is 4.79 Å². The molecule has 1 amide bonds. The molecule has 6 nitrogen and oxygen atoms in total. The van der Waals surface area contributed by atoms with Crippen LogP contribution >= 0.6 is 0 Å². The molecule has 2 fully saturated rings. The van der Waals surface area contributed by atoms with Gasteiger partial charge in [0.25, 0.3) is 0 Å². The zero-order valence-electron chi connectivity index (χ0n) is 11.9. The quantitative estimate of drug-likeness (QED) is 0.805. The fourth-order valence-corrected chi connectivity index (χ4v) is 3.42. The number of pyridine rings is 1. The van der Waals surface area contributed by atoms with Crippen molar-refractivity contribution >= 4 is 22.9 Å². The van der Waals surface area contributed by atoms with Gasteiger partial charge in [-0.2, -0.15) is 0 Å². The molecule has 21 heavy (non-hydrogen) atoms. The van der Waals surface area contributed by atoms with Crippen molar-refractivity contribution in [2.75, 3.05) is 31.6 Å². The van der Waals surface area contributed by atoms with Gasteiger partial charge in [0.05, 0.1) is 24.7 Å². The number of carbonyl (C=O) groups excluding carboxylic acids is 1. The number of nitrogens with zero attached hydrogens (tertiary/aromatic N) is 3. The molecule has 2 aromatic heterocycles. The van der Waals surface area contributed by atoms with Crippen LogP contribution in [-0.4, -0.2) is 48.3 Å². The topological polar surface area (TPSA) is 58.8 Å². The Kier molecular flexibility index (Phi) is 2.60. The standard InChI is InChI=1S/C15H17N3O3/c1-17-9-15(21-14(17)19)5-2-7-18(10-15)13-11-4-8-20-12(11)3-6-16-13/h3-4,6,8H,2,5,7,9-10H2,1H3/t15-/m1/s1. The van der Waals surface area contributed by atoms with Crippen molar-refractivity contribution in [2.45, 2.75) is 18.4 Å². The van der Waals surface area contributed by atoms with Crippen LogP contribution in [0.5, 0.6) is 0 Å². The predicted molar refractivity (Wildman–Crippen MR) is 77.3 cm³/mol. The summed E-state index contributed by atoms with van der Waals surface area (Å²) in [6.45, 7) is 2.24. The maximum atomic E-state index is 11.7. The van der Waals surface area contributed by atoms with E-state index in [0.717, 1.165) is 36.2 Å². The lowest BCUT2D eigenvalue weighted by atomic mass is 9.92. The number of likely N-dealkylation sites (N-methyl/N-ethyl adjacent to an activating group) is 1. The van der Waals surface area contributed by atoms with E-state index >= 15 is 0 Å². The molecule has 4 heterocycles. The highest BCUT2D eigenvalue weighted by Crippen LogP contribution is 2.35. The number of rotatable bonds is 1. The maximum absolute atomic E-state index is 11.7. The van der Waals surface area contributed by atoms with Crippen LogP contribution in [0.2, 0.25) is 0 Å². The summed E-state index contributed by atoms with van der Waals surface area (Å²) in [6, 6.07) is 3.80. The molecule has 6 heteroatoms. The second-order valence-corrected chi connectivity index (χ2v) is 5.90. The zero-order chi connectivity index (χ0) is 14.4. The van der Waals surface area contributed by atoms with E-state index in [1.54, 1.807) is 24.4 Å². The lowest BCUT2D eigenvalue weighted by Gasteiger charge is -2.39. The summed E-state index contributed by atoms with van der Waals surface area (Å²) < 4.78 is 11.1. The van der Waals surface area contributed by atoms with Crippen LogP contribution in [0.3, 0.4) is 0 Å². The molecule has 0 bridgehead atoms. The lowest BCUT2D eigenvalue weighted by molar-refractivity contribution is 0.0446. The van der Waals surface area contributed by atoms with Crippen molar-refractivity contribution in [1.82, 2.24) is 9.88 Å². The Morgan fingerprint density at radius 1 is 1.33 bits per heavy atom. The molecule has 2 aliphatic heterocycles. The van der Waals surface area contributed by atoms with Crippen molar-refractivity contribution in [3.63, 3.8) is 0 Å². The normalized spacial score (nSPS) is 25.9. The van der Waals surface area contributed by atoms with Gasteiger partial charge in [-0.3, -0.25) is 0 Å². The first-order valence-corrected chi connectivity index (χ1v) is 7.18. The molecule has 0 unspecified atom stereocenters. The SMILES string of the molecule is CN1C[C@@]2(CCCN(c3nccc4occc34)C2)OC1=O. The van der Waals surface area contributed by atoms with E-state index in [4.69, 9.17) is 9.15 Å². The van der Waals surface area contributed by atoms with Gasteiger partial charge in [-0.15, -0.1) is 0 Å². The van der Waals surface area contributed by atoms with E-state index in [1.165, 1.54) is 0 Å². The number of anilines is 1. The number of ether oxygens (including phenoxy) is 1. The number of amides is 1. The van der Waals surface area contributed by atoms with E-state index in [2.05, 4.69) is 9.88 Å². The third-order valence-corrected chi connectivity index (χ3v) is 4.34. The first-order chi connectivity index (χ1) is 10.2. The van der Waals surface area contributed by atoms with Crippen molar-refractivity contribution in [2.24, 2.45) is 0 Å². The number of hydrogen-bond donors (Lipinski definition) is 0. The molecule has 2 aliphatic rings. The largest absolute Gasteiger partial charge is 0.464 e. The molecule has 4 rings (SSSR count). The van der Waals surface area contributed by atoms with E-state index < -0.39 is 5.60 Å². The van der Waals surface area contributed by atoms with Crippen LogP contribution in [0, 0.1) is 0 Å². The van der Waals surface area contributed by atoms with Gasteiger partial charge in [0.1, 0.15) is 17.0 Å². The Morgan fingerprint density at radius 3 is 3.05 bits per heavy atom. The third kappa shape index (κ3) is 1.93. The predicted octanol–water partition coefficient (Wildman–Crippen LogP) is 2.25. The summed E-state index contributed by atoms with van der Waals surface area (Å²) in [7, 11) is 1.78. The summed E-state index contributed by atoms with van der Waals surface area (Å²) >= 11 is 0. The molecule has 0 aromatic carbocycles. The average Bonchev–Trinajstić information content (AvgIpc) is 3.04. The van der Waals surface area contributed by atoms with Gasteiger partial charge < -0.3 is 19.0 Å². The molecule has 1 spiro atoms. The Morgan fingerprint density at radius 2 is 2.24 bits per heavy atom. The minimum Gasteiger partial charge on any atom is -0.464 e. The maximum Gasteiger partial charge on any atom is 0.410 e. The van der Waals surface area contributed by atoms with Gasteiger partial charge in [0.2, 0.25) is 0 Å². The molecule has 2 aromatic rings. The second-order valence-electron chi connectivity index (χ2n) is 5.90. The number of hydrogen-bond acceptors (Lipinski definition) is 5. The van der Waals surface area contributed by atoms with Crippen LogP contribution < -0.4 is 4.90 Å². The lowest BCUT2D eigenvalue weighted by Crippen LogP contribution is -2.50. The van der Waals surface area contributed by atoms with Crippen LogP contribution in [0.15, 0.2) is 29.0 Å². The Labute approximate surface area is 122 Å². The van der Waals surface area contributed by atoms with Crippen LogP contribution in [-0.2, 0) is 4.74 Å². The third-order valence-electron chi connectivity index (χ3n) is 4.34. The van der Waals surface area contributed by atoms with Crippen molar-refractivity contribution in [3.8, 4) is 0 Å². The first-order valence-electron chi connectivity index (χ1n) is 7.18. The molecule has 0 saturated carbocycles. The monoisotopic (exact) mass is 287 g/mol. The van der Waals surface area contributed by atoms with E-state index in [1.807, 2.05) is 12.1 Å². The Bertz CT molecular complexity index is 698. The van der Waals surface area contributed by atoms with Gasteiger partial charge in [0, 0.05) is 19.8 Å². The van der Waals surface area contributed by atoms with Crippen LogP contribution in [0.4, 0.5) is 10.6 Å². The number of fused-ring (bicyclic) bond motifs is 1. The molecular formula is C15H17N3O3. The van der Waals surface area contributed by atoms with Crippen molar-refractivity contribution in [3.05, 3.63) is 24.6 Å². The van der Waals surface area contributed by atoms with Crippen molar-refractivity contribution in [1.29, 1.82) is 0 Å². The Balaban J connectivity index is 1.67. The highest BCUT2D eigenvalue weighted by atomic mass is 16.6. The zero-order valence-corrected chi connectivity index (χ0v) is 11.9. The van der Waals surface area contributed by atoms with E-state index in [-0.39, 0.29) is 6.09 Å². The molecular weight excluding hydrogens is 270 g/mol. The molecule has 0 aliphatic carbocycles. The number of furan rings is 1. The summed E-state index contributed by atoms with van der Waals surface area (Å²) in [5.41, 5.74) is 0.428. The fourth-order valence-electron chi connectivity index (χ4n) is 3.42. The highest BCUT2D eigenvalue weighted by Gasteiger charge is 2.46. The highest BCUT2D eigenvalue weighted by molar-refractivity contribution is 5.88. The minimum atomic E-state index is -0.405. The smallest absolute Gasteiger partial charge is 0.410 e. The number of aromatic nitrogens is 1. The molecule has 0 N–H and O–H groups in total. The summed E-state index contributed by atoms with van der Waals surface area (Å²) in [4.78, 5) is 20.1. The van der Waals surface area contributed by atoms with Gasteiger partial charge in [-0.25, -0.2) is 9.78 Å². The summed E-state index contributed by atoms with van der Waals surface area (Å²) in [6.07, 6.45) is 5.10. The van der Waals surface area contributed by atoms with Crippen molar-refractivity contribution < 1.29 is 13.9 Å². The average molecular weight is 287 g/mol. The molecule has 2 saturated heterocycles. The molecule has 0 radical (unpaired) electrons. The van der Waals surface area contributed by atoms with Crippen LogP contribution in [0.25, 0.3) is 11.0 Å². The molecule has 110 valence electrons. The van der Waals surface area contributed by atoms with Gasteiger partial charge in [-0.1, -0.05) is 0 Å². The minimum absolute atomic E-state index is 0.230. The Hall–Kier alpha value is -2.24. The summed E-state index contributed by atoms with van der Waals surface area (Å²) in [5, 5.41) is 1.01.